The van der Waals surface area contributed by atoms with Gasteiger partial charge in [0.1, 0.15) is 6.54 Å². The summed E-state index contributed by atoms with van der Waals surface area (Å²) >= 11 is 1.66. The molecule has 0 atom stereocenters. The van der Waals surface area contributed by atoms with Crippen molar-refractivity contribution in [2.24, 2.45) is 0 Å². The molecular weight excluding hydrogens is 272 g/mol. The second-order valence-corrected chi connectivity index (χ2v) is 5.76. The fraction of sp³-hybridized carbons (Fsp3) is 0.429. The van der Waals surface area contributed by atoms with E-state index in [0.29, 0.717) is 18.8 Å². The third-order valence-electron chi connectivity index (χ3n) is 3.38. The molecule has 0 saturated carbocycles. The molecule has 2 rings (SSSR count). The van der Waals surface area contributed by atoms with Gasteiger partial charge in [-0.15, -0.1) is 11.3 Å². The minimum atomic E-state index is 0.0616. The normalized spacial score (nSPS) is 10.8. The van der Waals surface area contributed by atoms with E-state index in [4.69, 9.17) is 5.73 Å². The molecular formula is C14H20N4OS. The van der Waals surface area contributed by atoms with Crippen molar-refractivity contribution in [3.63, 3.8) is 0 Å². The standard InChI is InChI=1S/C14H20N4OS/c1-4-17(8-12-6-5-7-20-12)13(19)9-18-11(3)14(15)10(2)16-18/h5-7H,4,8-9,15H2,1-3H3. The van der Waals surface area contributed by atoms with Gasteiger partial charge in [0.2, 0.25) is 5.91 Å². The molecule has 0 spiro atoms. The highest BCUT2D eigenvalue weighted by Crippen LogP contribution is 2.16. The molecule has 0 aromatic carbocycles. The number of carbonyl (C=O) groups is 1. The number of carbonyl (C=O) groups excluding carboxylic acids is 1. The van der Waals surface area contributed by atoms with Crippen molar-refractivity contribution in [3.8, 4) is 0 Å². The number of nitrogens with zero attached hydrogens (tertiary/aromatic N) is 3. The third kappa shape index (κ3) is 3.01. The van der Waals surface area contributed by atoms with Crippen molar-refractivity contribution in [2.45, 2.75) is 33.9 Å². The summed E-state index contributed by atoms with van der Waals surface area (Å²) in [7, 11) is 0. The number of anilines is 1. The van der Waals surface area contributed by atoms with Crippen molar-refractivity contribution in [1.82, 2.24) is 14.7 Å². The van der Waals surface area contributed by atoms with Crippen LogP contribution in [0.1, 0.15) is 23.2 Å². The van der Waals surface area contributed by atoms with Crippen LogP contribution in [0.3, 0.4) is 0 Å². The fourth-order valence-electron chi connectivity index (χ4n) is 2.06. The number of likely N-dealkylation sites (N-methyl/N-ethyl adjacent to an activating group) is 1. The van der Waals surface area contributed by atoms with Crippen LogP contribution in [0.25, 0.3) is 0 Å². The number of aromatic nitrogens is 2. The highest BCUT2D eigenvalue weighted by Gasteiger charge is 2.16. The number of thiophene rings is 1. The third-order valence-corrected chi connectivity index (χ3v) is 4.24. The van der Waals surface area contributed by atoms with Crippen molar-refractivity contribution in [1.29, 1.82) is 0 Å². The van der Waals surface area contributed by atoms with Crippen molar-refractivity contribution in [3.05, 3.63) is 33.8 Å². The number of amides is 1. The molecule has 6 heteroatoms. The zero-order chi connectivity index (χ0) is 14.7. The highest BCUT2D eigenvalue weighted by molar-refractivity contribution is 7.09. The molecule has 2 heterocycles. The van der Waals surface area contributed by atoms with E-state index in [1.54, 1.807) is 16.0 Å². The van der Waals surface area contributed by atoms with Gasteiger partial charge >= 0.3 is 0 Å². The summed E-state index contributed by atoms with van der Waals surface area (Å²) in [6.45, 7) is 7.31. The quantitative estimate of drug-likeness (QED) is 0.918. The van der Waals surface area contributed by atoms with Gasteiger partial charge in [-0.05, 0) is 32.2 Å². The molecule has 0 radical (unpaired) electrons. The van der Waals surface area contributed by atoms with Crippen molar-refractivity contribution < 1.29 is 4.79 Å². The molecule has 2 N–H and O–H groups in total. The van der Waals surface area contributed by atoms with Crippen molar-refractivity contribution in [2.75, 3.05) is 12.3 Å². The SMILES string of the molecule is CCN(Cc1cccs1)C(=O)Cn1nc(C)c(N)c1C. The Balaban J connectivity index is 2.07. The molecule has 2 aromatic rings. The van der Waals surface area contributed by atoms with E-state index >= 15 is 0 Å². The smallest absolute Gasteiger partial charge is 0.244 e. The second-order valence-electron chi connectivity index (χ2n) is 4.73. The lowest BCUT2D eigenvalue weighted by Crippen LogP contribution is -2.33. The monoisotopic (exact) mass is 292 g/mol. The zero-order valence-electron chi connectivity index (χ0n) is 12.1. The Labute approximate surface area is 123 Å². The van der Waals surface area contributed by atoms with Gasteiger partial charge in [0.05, 0.1) is 23.6 Å². The van der Waals surface area contributed by atoms with Crippen LogP contribution >= 0.6 is 11.3 Å². The first-order valence-corrected chi connectivity index (χ1v) is 7.50. The van der Waals surface area contributed by atoms with Gasteiger partial charge in [-0.25, -0.2) is 0 Å². The number of nitrogen functional groups attached to an aromatic ring is 1. The maximum atomic E-state index is 12.4. The van der Waals surface area contributed by atoms with E-state index in [2.05, 4.69) is 5.10 Å². The molecule has 20 heavy (non-hydrogen) atoms. The first-order valence-electron chi connectivity index (χ1n) is 6.62. The first-order chi connectivity index (χ1) is 9.52. The Morgan fingerprint density at radius 2 is 2.25 bits per heavy atom. The summed E-state index contributed by atoms with van der Waals surface area (Å²) in [4.78, 5) is 15.4. The molecule has 5 nitrogen and oxygen atoms in total. The number of rotatable bonds is 5. The van der Waals surface area contributed by atoms with Crippen LogP contribution in [0.4, 0.5) is 5.69 Å². The maximum Gasteiger partial charge on any atom is 0.244 e. The molecule has 1 amide bonds. The topological polar surface area (TPSA) is 64.2 Å². The number of nitrogens with two attached hydrogens (primary N) is 1. The fourth-order valence-corrected chi connectivity index (χ4v) is 2.78. The van der Waals surface area contributed by atoms with Gasteiger partial charge in [-0.2, -0.15) is 5.10 Å². The van der Waals surface area contributed by atoms with Crippen LogP contribution < -0.4 is 5.73 Å². The number of hydrogen-bond donors (Lipinski definition) is 1. The molecule has 0 fully saturated rings. The van der Waals surface area contributed by atoms with Gasteiger partial charge < -0.3 is 10.6 Å². The zero-order valence-corrected chi connectivity index (χ0v) is 12.9. The Hall–Kier alpha value is -1.82. The lowest BCUT2D eigenvalue weighted by molar-refractivity contribution is -0.132. The molecule has 2 aromatic heterocycles. The predicted octanol–water partition coefficient (Wildman–Crippen LogP) is 2.19. The van der Waals surface area contributed by atoms with Gasteiger partial charge in [0.25, 0.3) is 0 Å². The van der Waals surface area contributed by atoms with Gasteiger partial charge in [-0.3, -0.25) is 9.48 Å². The average molecular weight is 292 g/mol. The van der Waals surface area contributed by atoms with Gasteiger partial charge in [0, 0.05) is 11.4 Å². The first kappa shape index (κ1) is 14.6. The molecule has 0 saturated heterocycles. The van der Waals surface area contributed by atoms with E-state index in [1.807, 2.05) is 43.2 Å². The largest absolute Gasteiger partial charge is 0.396 e. The molecule has 0 aliphatic rings. The van der Waals surface area contributed by atoms with E-state index in [1.165, 1.54) is 4.88 Å². The minimum absolute atomic E-state index is 0.0616. The number of aryl methyl sites for hydroxylation is 1. The van der Waals surface area contributed by atoms with Crippen LogP contribution in [0.5, 0.6) is 0 Å². The summed E-state index contributed by atoms with van der Waals surface area (Å²) in [5.74, 6) is 0.0616. The summed E-state index contributed by atoms with van der Waals surface area (Å²) in [6.07, 6.45) is 0. The summed E-state index contributed by atoms with van der Waals surface area (Å²) < 4.78 is 1.68. The lowest BCUT2D eigenvalue weighted by atomic mass is 10.3. The lowest BCUT2D eigenvalue weighted by Gasteiger charge is -2.20. The summed E-state index contributed by atoms with van der Waals surface area (Å²) in [5.41, 5.74) is 8.18. The molecule has 0 unspecified atom stereocenters. The molecule has 0 aliphatic carbocycles. The van der Waals surface area contributed by atoms with E-state index in [9.17, 15) is 4.79 Å². The molecule has 0 bridgehead atoms. The van der Waals surface area contributed by atoms with Crippen LogP contribution in [-0.2, 0) is 17.9 Å². The van der Waals surface area contributed by atoms with E-state index in [-0.39, 0.29) is 12.5 Å². The predicted molar refractivity (Wildman–Crippen MR) is 81.5 cm³/mol. The van der Waals surface area contributed by atoms with Crippen LogP contribution in [-0.4, -0.2) is 27.1 Å². The van der Waals surface area contributed by atoms with Crippen molar-refractivity contribution >= 4 is 22.9 Å². The average Bonchev–Trinajstić information content (AvgIpc) is 3.01. The van der Waals surface area contributed by atoms with Crippen LogP contribution in [0.2, 0.25) is 0 Å². The Morgan fingerprint density at radius 1 is 1.50 bits per heavy atom. The van der Waals surface area contributed by atoms with E-state index in [0.717, 1.165) is 11.4 Å². The summed E-state index contributed by atoms with van der Waals surface area (Å²) in [6, 6.07) is 4.04. The Morgan fingerprint density at radius 3 is 2.75 bits per heavy atom. The Kier molecular flexibility index (Phi) is 4.44. The minimum Gasteiger partial charge on any atom is -0.396 e. The van der Waals surface area contributed by atoms with E-state index < -0.39 is 0 Å². The maximum absolute atomic E-state index is 12.4. The summed E-state index contributed by atoms with van der Waals surface area (Å²) in [5, 5.41) is 6.33. The number of hydrogen-bond acceptors (Lipinski definition) is 4. The highest BCUT2D eigenvalue weighted by atomic mass is 32.1. The Bertz CT molecular complexity index is 589. The molecule has 0 aliphatic heterocycles. The van der Waals surface area contributed by atoms with Crippen LogP contribution in [0.15, 0.2) is 17.5 Å². The van der Waals surface area contributed by atoms with Crippen LogP contribution in [0, 0.1) is 13.8 Å². The van der Waals surface area contributed by atoms with Gasteiger partial charge in [0.15, 0.2) is 0 Å². The second kappa shape index (κ2) is 6.09. The molecule has 108 valence electrons. The van der Waals surface area contributed by atoms with Gasteiger partial charge in [-0.1, -0.05) is 6.07 Å².